The number of thiophene rings is 1. The Morgan fingerprint density at radius 2 is 1.83 bits per heavy atom. The normalized spacial score (nSPS) is 12.4. The molecule has 3 nitrogen and oxygen atoms in total. The molecule has 0 fully saturated rings. The lowest BCUT2D eigenvalue weighted by atomic mass is 9.95. The Morgan fingerprint density at radius 3 is 2.35 bits per heavy atom. The minimum atomic E-state index is -0.345. The second-order valence-electron chi connectivity index (χ2n) is 6.16. The number of hydrogen-bond acceptors (Lipinski definition) is 4. The van der Waals surface area contributed by atoms with Crippen molar-refractivity contribution in [2.24, 2.45) is 0 Å². The minimum absolute atomic E-state index is 0.164. The van der Waals surface area contributed by atoms with Crippen molar-refractivity contribution < 1.29 is 9.53 Å². The number of nitrogen functional groups attached to an aromatic ring is 1. The molecule has 0 aliphatic rings. The SMILES string of the molecule is CCC(C)c1ccc(-c2c(C)sc(N)c2C(=O)OC(C)C)cc1. The molecule has 0 aliphatic carbocycles. The van der Waals surface area contributed by atoms with Crippen molar-refractivity contribution in [2.45, 2.75) is 53.1 Å². The molecule has 0 radical (unpaired) electrons. The van der Waals surface area contributed by atoms with E-state index in [9.17, 15) is 4.79 Å². The van der Waals surface area contributed by atoms with Crippen LogP contribution in [0.4, 0.5) is 5.00 Å². The summed E-state index contributed by atoms with van der Waals surface area (Å²) >= 11 is 1.44. The largest absolute Gasteiger partial charge is 0.459 e. The molecular formula is C19H25NO2S. The van der Waals surface area contributed by atoms with Crippen molar-refractivity contribution in [3.8, 4) is 11.1 Å². The van der Waals surface area contributed by atoms with E-state index in [1.165, 1.54) is 16.9 Å². The molecule has 0 bridgehead atoms. The minimum Gasteiger partial charge on any atom is -0.459 e. The summed E-state index contributed by atoms with van der Waals surface area (Å²) in [4.78, 5) is 13.4. The predicted octanol–water partition coefficient (Wildman–Crippen LogP) is 5.38. The molecule has 23 heavy (non-hydrogen) atoms. The first-order valence-electron chi connectivity index (χ1n) is 8.05. The zero-order chi connectivity index (χ0) is 17.1. The number of ether oxygens (including phenoxy) is 1. The number of hydrogen-bond donors (Lipinski definition) is 1. The molecule has 1 heterocycles. The van der Waals surface area contributed by atoms with Crippen LogP contribution in [0.2, 0.25) is 0 Å². The summed E-state index contributed by atoms with van der Waals surface area (Å²) in [6.07, 6.45) is 0.943. The lowest BCUT2D eigenvalue weighted by molar-refractivity contribution is 0.0380. The van der Waals surface area contributed by atoms with Gasteiger partial charge in [0.05, 0.1) is 6.10 Å². The Labute approximate surface area is 142 Å². The highest BCUT2D eigenvalue weighted by Crippen LogP contribution is 2.39. The van der Waals surface area contributed by atoms with Crippen LogP contribution >= 0.6 is 11.3 Å². The summed E-state index contributed by atoms with van der Waals surface area (Å²) < 4.78 is 5.36. The first kappa shape index (κ1) is 17.5. The third-order valence-corrected chi connectivity index (χ3v) is 4.97. The van der Waals surface area contributed by atoms with Crippen LogP contribution < -0.4 is 5.73 Å². The number of nitrogens with two attached hydrogens (primary N) is 1. The van der Waals surface area contributed by atoms with Crippen molar-refractivity contribution in [1.29, 1.82) is 0 Å². The van der Waals surface area contributed by atoms with E-state index >= 15 is 0 Å². The van der Waals surface area contributed by atoms with E-state index in [2.05, 4.69) is 38.1 Å². The van der Waals surface area contributed by atoms with Gasteiger partial charge in [0.2, 0.25) is 0 Å². The standard InChI is InChI=1S/C19H25NO2S/c1-6-12(4)14-7-9-15(10-8-14)16-13(5)23-18(20)17(16)19(21)22-11(2)3/h7-12H,6,20H2,1-5H3. The number of benzene rings is 1. The Balaban J connectivity index is 2.45. The van der Waals surface area contributed by atoms with Gasteiger partial charge in [-0.1, -0.05) is 38.1 Å². The maximum Gasteiger partial charge on any atom is 0.342 e. The van der Waals surface area contributed by atoms with Gasteiger partial charge in [-0.3, -0.25) is 0 Å². The fourth-order valence-corrected chi connectivity index (χ4v) is 3.54. The maximum atomic E-state index is 12.4. The molecule has 1 aromatic carbocycles. The highest BCUT2D eigenvalue weighted by atomic mass is 32.1. The van der Waals surface area contributed by atoms with Crippen LogP contribution in [0.3, 0.4) is 0 Å². The lowest BCUT2D eigenvalue weighted by Crippen LogP contribution is -2.13. The van der Waals surface area contributed by atoms with Crippen molar-refractivity contribution >= 4 is 22.3 Å². The summed E-state index contributed by atoms with van der Waals surface area (Å²) in [5, 5.41) is 0.522. The van der Waals surface area contributed by atoms with E-state index in [1.807, 2.05) is 20.8 Å². The Kier molecular flexibility index (Phi) is 5.47. The van der Waals surface area contributed by atoms with Crippen LogP contribution in [0.15, 0.2) is 24.3 Å². The highest BCUT2D eigenvalue weighted by Gasteiger charge is 2.23. The number of carbonyl (C=O) groups excluding carboxylic acids is 1. The third-order valence-electron chi connectivity index (χ3n) is 4.04. The topological polar surface area (TPSA) is 52.3 Å². The molecule has 2 rings (SSSR count). The van der Waals surface area contributed by atoms with Crippen molar-refractivity contribution in [3.63, 3.8) is 0 Å². The van der Waals surface area contributed by atoms with Crippen molar-refractivity contribution in [1.82, 2.24) is 0 Å². The van der Waals surface area contributed by atoms with Gasteiger partial charge in [0.15, 0.2) is 0 Å². The first-order chi connectivity index (χ1) is 10.8. The number of rotatable bonds is 5. The molecule has 4 heteroatoms. The first-order valence-corrected chi connectivity index (χ1v) is 8.86. The molecule has 124 valence electrons. The van der Waals surface area contributed by atoms with E-state index in [4.69, 9.17) is 10.5 Å². The molecule has 1 atom stereocenters. The zero-order valence-electron chi connectivity index (χ0n) is 14.5. The second kappa shape index (κ2) is 7.18. The van der Waals surface area contributed by atoms with Crippen molar-refractivity contribution in [3.05, 3.63) is 40.3 Å². The van der Waals surface area contributed by atoms with E-state index < -0.39 is 0 Å². The molecule has 0 saturated carbocycles. The molecule has 1 aromatic heterocycles. The molecule has 0 aliphatic heterocycles. The predicted molar refractivity (Wildman–Crippen MR) is 98.2 cm³/mol. The van der Waals surface area contributed by atoms with Gasteiger partial charge >= 0.3 is 5.97 Å². The van der Waals surface area contributed by atoms with Crippen LogP contribution in [-0.4, -0.2) is 12.1 Å². The summed E-state index contributed by atoms with van der Waals surface area (Å²) in [6, 6.07) is 8.41. The molecule has 0 spiro atoms. The lowest BCUT2D eigenvalue weighted by Gasteiger charge is -2.12. The van der Waals surface area contributed by atoms with Gasteiger partial charge < -0.3 is 10.5 Å². The number of carbonyl (C=O) groups is 1. The average molecular weight is 331 g/mol. The summed E-state index contributed by atoms with van der Waals surface area (Å²) in [6.45, 7) is 10.1. The smallest absolute Gasteiger partial charge is 0.342 e. The van der Waals surface area contributed by atoms with Gasteiger partial charge in [-0.2, -0.15) is 0 Å². The number of esters is 1. The van der Waals surface area contributed by atoms with Crippen LogP contribution in [0, 0.1) is 6.92 Å². The average Bonchev–Trinajstić information content (AvgIpc) is 2.80. The fraction of sp³-hybridized carbons (Fsp3) is 0.421. The van der Waals surface area contributed by atoms with Gasteiger partial charge in [-0.15, -0.1) is 11.3 Å². The third kappa shape index (κ3) is 3.75. The second-order valence-corrected chi connectivity index (χ2v) is 7.41. The molecule has 0 saturated heterocycles. The van der Waals surface area contributed by atoms with Gasteiger partial charge in [0.25, 0.3) is 0 Å². The Hall–Kier alpha value is -1.81. The summed E-state index contributed by atoms with van der Waals surface area (Å²) in [5.41, 5.74) is 9.79. The number of aryl methyl sites for hydroxylation is 1. The molecule has 1 unspecified atom stereocenters. The van der Waals surface area contributed by atoms with Crippen LogP contribution in [0.25, 0.3) is 11.1 Å². The monoisotopic (exact) mass is 331 g/mol. The van der Waals surface area contributed by atoms with E-state index in [1.54, 1.807) is 0 Å². The van der Waals surface area contributed by atoms with E-state index in [0.717, 1.165) is 22.4 Å². The quantitative estimate of drug-likeness (QED) is 0.748. The summed E-state index contributed by atoms with van der Waals surface area (Å²) in [7, 11) is 0. The van der Waals surface area contributed by atoms with Gasteiger partial charge in [0, 0.05) is 10.4 Å². The Morgan fingerprint density at radius 1 is 1.22 bits per heavy atom. The molecule has 2 aromatic rings. The molecular weight excluding hydrogens is 306 g/mol. The van der Waals surface area contributed by atoms with Gasteiger partial charge in [0.1, 0.15) is 10.6 Å². The van der Waals surface area contributed by atoms with Gasteiger partial charge in [-0.05, 0) is 44.2 Å². The maximum absolute atomic E-state index is 12.4. The summed E-state index contributed by atoms with van der Waals surface area (Å²) in [5.74, 6) is 0.186. The van der Waals surface area contributed by atoms with E-state index in [0.29, 0.717) is 16.5 Å². The molecule has 0 amide bonds. The molecule has 2 N–H and O–H groups in total. The van der Waals surface area contributed by atoms with E-state index in [-0.39, 0.29) is 12.1 Å². The van der Waals surface area contributed by atoms with Crippen LogP contribution in [0.5, 0.6) is 0 Å². The zero-order valence-corrected chi connectivity index (χ0v) is 15.3. The number of anilines is 1. The Bertz CT molecular complexity index is 686. The fourth-order valence-electron chi connectivity index (χ4n) is 2.60. The van der Waals surface area contributed by atoms with Crippen LogP contribution in [0.1, 0.15) is 60.8 Å². The van der Waals surface area contributed by atoms with Crippen molar-refractivity contribution in [2.75, 3.05) is 5.73 Å². The van der Waals surface area contributed by atoms with Crippen LogP contribution in [-0.2, 0) is 4.74 Å². The highest BCUT2D eigenvalue weighted by molar-refractivity contribution is 7.16. The van der Waals surface area contributed by atoms with Gasteiger partial charge in [-0.25, -0.2) is 4.79 Å².